The third kappa shape index (κ3) is 12.6. The molecule has 40 atom stereocenters. The predicted molar refractivity (Wildman–Crippen MR) is 321 cm³/mol. The Bertz CT molecular complexity index is 2670. The van der Waals surface area contributed by atoms with Crippen molar-refractivity contribution in [3.8, 4) is 0 Å². The number of hydrogen-bond donors (Lipinski definition) is 18. The van der Waals surface area contributed by atoms with Crippen molar-refractivity contribution in [3.05, 3.63) is 12.2 Å². The van der Waals surface area contributed by atoms with Crippen LogP contribution in [-0.2, 0) is 61.6 Å². The highest BCUT2D eigenvalue weighted by Gasteiger charge is 2.73. The lowest BCUT2D eigenvalue weighted by Gasteiger charge is -2.73. The topological polar surface area (TPSA) is 492 Å². The summed E-state index contributed by atoms with van der Waals surface area (Å²) in [6.45, 7) is 15.3. The first-order chi connectivity index (χ1) is 45.2. The average molecular weight is 1380 g/mol. The fourth-order valence-electron chi connectivity index (χ4n) is 19.9. The molecule has 5 saturated carbocycles. The van der Waals surface area contributed by atoms with Crippen molar-refractivity contribution < 1.29 is 154 Å². The van der Waals surface area contributed by atoms with E-state index in [0.29, 0.717) is 44.9 Å². The smallest absolute Gasteiger partial charge is 0.314 e. The van der Waals surface area contributed by atoms with Crippen LogP contribution >= 0.6 is 0 Å². The normalized spacial score (nSPS) is 56.0. The van der Waals surface area contributed by atoms with E-state index in [1.54, 1.807) is 0 Å². The van der Waals surface area contributed by atoms with Crippen molar-refractivity contribution in [2.45, 2.75) is 297 Å². The summed E-state index contributed by atoms with van der Waals surface area (Å²) in [4.78, 5) is 15.3. The molecule has 96 heavy (non-hydrogen) atoms. The van der Waals surface area contributed by atoms with Crippen LogP contribution in [0.4, 0.5) is 0 Å². The van der Waals surface area contributed by atoms with E-state index in [4.69, 9.17) is 56.8 Å². The lowest BCUT2D eigenvalue weighted by Crippen LogP contribution is -2.68. The zero-order valence-electron chi connectivity index (χ0n) is 55.4. The van der Waals surface area contributed by atoms with Gasteiger partial charge in [0.1, 0.15) is 128 Å². The molecule has 0 bridgehead atoms. The maximum atomic E-state index is 15.3. The number of aliphatic hydroxyl groups is 18. The molecule has 0 aromatic heterocycles. The van der Waals surface area contributed by atoms with Crippen LogP contribution in [0.15, 0.2) is 12.2 Å². The fraction of sp³-hybridized carbons (Fsp3) is 0.954. The Morgan fingerprint density at radius 2 is 1.02 bits per heavy atom. The lowest BCUT2D eigenvalue weighted by atomic mass is 9.32. The minimum atomic E-state index is -1.93. The number of esters is 1. The Morgan fingerprint density at radius 1 is 0.479 bits per heavy atom. The standard InChI is InChI=1S/C65H106O31/c1-24(2)27-11-16-65(60(84)96-58-50(82)45(77)40(72)31(91-58)21-85-54-51(83)46(78)52(30(20-67)90-54)94-55-47(79)42(74)37(69)25(3)87-55)18-17-63(7)28(36(27)65)9-10-34-61(5)14-13-35(62(6,23-68)33(61)12-15-64(34,63)8)93-59-53(95-56-48(80)43(75)38(70)26(4)88-56)41(73)32(22-86-59)92-57-49(81)44(76)39(71)29(19-66)89-57/h25-59,66-83H,1,9-23H2,2-8H3/t25-,26-,27-,28?,29+,30+,31+,32+,33?,34?,35-,36?,37-,38-,39+,40+,41?,42+,43+,44-,45-,46+,47+,48+,49+,50+,51+,52+,53-,54+,55-,56-,57?,58-,59+,61-,62-,63+,64+,65-/m0/s1. The zero-order valence-corrected chi connectivity index (χ0v) is 55.4. The molecule has 6 unspecified atom stereocenters. The number of aliphatic hydroxyl groups excluding tert-OH is 18. The minimum Gasteiger partial charge on any atom is -0.432 e. The molecule has 11 fully saturated rings. The van der Waals surface area contributed by atoms with Gasteiger partial charge in [-0.1, -0.05) is 39.8 Å². The van der Waals surface area contributed by atoms with Crippen LogP contribution in [0.1, 0.15) is 113 Å². The van der Waals surface area contributed by atoms with Crippen LogP contribution in [0.5, 0.6) is 0 Å². The van der Waals surface area contributed by atoms with E-state index in [9.17, 15) is 91.9 Å². The summed E-state index contributed by atoms with van der Waals surface area (Å²) >= 11 is 0. The molecule has 11 rings (SSSR count). The molecule has 0 aromatic carbocycles. The van der Waals surface area contributed by atoms with Gasteiger partial charge in [-0.05, 0) is 131 Å². The number of carbonyl (C=O) groups excluding carboxylic acids is 1. The van der Waals surface area contributed by atoms with E-state index >= 15 is 4.79 Å². The first kappa shape index (κ1) is 75.2. The van der Waals surface area contributed by atoms with Crippen molar-refractivity contribution in [2.75, 3.05) is 33.0 Å². The molecular formula is C65H106O31. The van der Waals surface area contributed by atoms with Crippen LogP contribution < -0.4 is 0 Å². The van der Waals surface area contributed by atoms with E-state index in [1.165, 1.54) is 13.8 Å². The molecule has 6 heterocycles. The molecule has 11 aliphatic rings. The van der Waals surface area contributed by atoms with E-state index in [-0.39, 0.29) is 47.0 Å². The summed E-state index contributed by atoms with van der Waals surface area (Å²) in [5.74, 6) is -1.10. The van der Waals surface area contributed by atoms with Crippen LogP contribution in [0.3, 0.4) is 0 Å². The van der Waals surface area contributed by atoms with E-state index in [0.717, 1.165) is 24.8 Å². The van der Waals surface area contributed by atoms with Gasteiger partial charge in [0.25, 0.3) is 0 Å². The maximum Gasteiger partial charge on any atom is 0.314 e. The van der Waals surface area contributed by atoms with Crippen molar-refractivity contribution in [3.63, 3.8) is 0 Å². The maximum absolute atomic E-state index is 15.3. The van der Waals surface area contributed by atoms with E-state index < -0.39 is 233 Å². The fourth-order valence-corrected chi connectivity index (χ4v) is 19.9. The Labute approximate surface area is 556 Å². The Kier molecular flexibility index (Phi) is 22.4. The second kappa shape index (κ2) is 28.6. The Hall–Kier alpha value is -1.95. The molecule has 0 radical (unpaired) electrons. The highest BCUT2D eigenvalue weighted by molar-refractivity contribution is 5.78. The van der Waals surface area contributed by atoms with Gasteiger partial charge in [-0.3, -0.25) is 4.79 Å². The highest BCUT2D eigenvalue weighted by atomic mass is 16.8. The van der Waals surface area contributed by atoms with Crippen LogP contribution in [-0.4, -0.2) is 315 Å². The zero-order chi connectivity index (χ0) is 70.0. The molecule has 31 nitrogen and oxygen atoms in total. The van der Waals surface area contributed by atoms with Gasteiger partial charge < -0.3 is 149 Å². The van der Waals surface area contributed by atoms with Crippen molar-refractivity contribution in [1.82, 2.24) is 0 Å². The number of fused-ring (bicyclic) bond motifs is 7. The number of allylic oxidation sites excluding steroid dienone is 1. The summed E-state index contributed by atoms with van der Waals surface area (Å²) in [6, 6.07) is 0. The molecule has 6 aliphatic heterocycles. The molecule has 0 aromatic rings. The van der Waals surface area contributed by atoms with Gasteiger partial charge in [-0.2, -0.15) is 0 Å². The molecule has 552 valence electrons. The minimum absolute atomic E-state index is 0.0354. The molecule has 31 heteroatoms. The van der Waals surface area contributed by atoms with E-state index in [2.05, 4.69) is 27.4 Å². The molecule has 5 aliphatic carbocycles. The van der Waals surface area contributed by atoms with Gasteiger partial charge in [-0.15, -0.1) is 0 Å². The molecule has 18 N–H and O–H groups in total. The second-order valence-corrected chi connectivity index (χ2v) is 30.8. The SMILES string of the molecule is C=C(C)[C@@H]1CC[C@]2(C(=O)O[C@@H]3O[C@H](CO[C@@H]4O[C@H](CO)[C@@H](O[C@@H]5O[C@@H](C)[C@H](O)[C@@H](O)[C@H]5O)[C@H](O)[C@H]4O)[C@@H](O)[C@H](O)[C@H]3O)CC[C@]3(C)C(CCC4[C@@]5(C)CC[C@H](O[C@H]6OC[C@@H](OC7O[C@H](CO)[C@@H](O)[C@H](O)[C@H]7O)C(O)[C@@H]6O[C@@H]6O[C@@H](C)[C@H](O)[C@@H](O)[C@H]6O)[C@@](C)(CO)C5CC[C@]43C)C12. The molecule has 0 spiro atoms. The summed E-state index contributed by atoms with van der Waals surface area (Å²) in [5.41, 5.74) is -2.21. The van der Waals surface area contributed by atoms with Gasteiger partial charge in [0.05, 0.1) is 56.8 Å². The quantitative estimate of drug-likeness (QED) is 0.0369. The van der Waals surface area contributed by atoms with Crippen molar-refractivity contribution in [2.24, 2.45) is 56.7 Å². The summed E-state index contributed by atoms with van der Waals surface area (Å²) in [7, 11) is 0. The van der Waals surface area contributed by atoms with Gasteiger partial charge >= 0.3 is 5.97 Å². The van der Waals surface area contributed by atoms with Gasteiger partial charge in [0.15, 0.2) is 31.5 Å². The second-order valence-electron chi connectivity index (χ2n) is 30.8. The van der Waals surface area contributed by atoms with Gasteiger partial charge in [0.2, 0.25) is 6.29 Å². The molecular weight excluding hydrogens is 1280 g/mol. The van der Waals surface area contributed by atoms with Gasteiger partial charge in [-0.25, -0.2) is 0 Å². The summed E-state index contributed by atoms with van der Waals surface area (Å²) in [5, 5.41) is 196. The molecule has 6 saturated heterocycles. The average Bonchev–Trinajstić information content (AvgIpc) is 1.14. The lowest BCUT2D eigenvalue weighted by molar-refractivity contribution is -0.382. The third-order valence-electron chi connectivity index (χ3n) is 25.8. The predicted octanol–water partition coefficient (Wildman–Crippen LogP) is -4.86. The number of ether oxygens (including phenoxy) is 12. The van der Waals surface area contributed by atoms with Crippen LogP contribution in [0.2, 0.25) is 0 Å². The van der Waals surface area contributed by atoms with Crippen LogP contribution in [0, 0.1) is 56.7 Å². The number of carbonyl (C=O) groups is 1. The summed E-state index contributed by atoms with van der Waals surface area (Å²) < 4.78 is 71.8. The largest absolute Gasteiger partial charge is 0.432 e. The highest BCUT2D eigenvalue weighted by Crippen LogP contribution is 2.78. The van der Waals surface area contributed by atoms with Gasteiger partial charge in [0, 0.05) is 5.41 Å². The van der Waals surface area contributed by atoms with Crippen molar-refractivity contribution in [1.29, 1.82) is 0 Å². The Morgan fingerprint density at radius 3 is 1.61 bits per heavy atom. The molecule has 0 amide bonds. The van der Waals surface area contributed by atoms with Crippen LogP contribution in [0.25, 0.3) is 0 Å². The monoisotopic (exact) mass is 1380 g/mol. The van der Waals surface area contributed by atoms with Crippen molar-refractivity contribution >= 4 is 5.97 Å². The number of rotatable bonds is 17. The number of hydrogen-bond acceptors (Lipinski definition) is 31. The summed E-state index contributed by atoms with van der Waals surface area (Å²) in [6.07, 6.45) is -42.1. The first-order valence-electron chi connectivity index (χ1n) is 34.2. The first-order valence-corrected chi connectivity index (χ1v) is 34.2. The van der Waals surface area contributed by atoms with E-state index in [1.807, 2.05) is 13.8 Å². The third-order valence-corrected chi connectivity index (χ3v) is 25.8. The Balaban J connectivity index is 0.776.